The van der Waals surface area contributed by atoms with Crippen molar-refractivity contribution in [2.24, 2.45) is 5.92 Å². The van der Waals surface area contributed by atoms with E-state index in [4.69, 9.17) is 0 Å². The van der Waals surface area contributed by atoms with Crippen molar-refractivity contribution in [2.45, 2.75) is 44.6 Å². The van der Waals surface area contributed by atoms with Gasteiger partial charge in [0.15, 0.2) is 0 Å². The van der Waals surface area contributed by atoms with Crippen LogP contribution in [-0.4, -0.2) is 56.7 Å². The average molecular weight is 277 g/mol. The smallest absolute Gasteiger partial charge is 0.147 e. The Morgan fingerprint density at radius 1 is 1.22 bits per heavy atom. The quantitative estimate of drug-likeness (QED) is 0.713. The molecule has 0 radical (unpaired) electrons. The number of unbranched alkanes of at least 4 members (excludes halogenated alkanes) is 1. The fraction of sp³-hybridized carbons (Fsp3) is 1.00. The van der Waals surface area contributed by atoms with Gasteiger partial charge in [0.1, 0.15) is 9.84 Å². The van der Waals surface area contributed by atoms with Gasteiger partial charge in [-0.25, -0.2) is 8.42 Å². The van der Waals surface area contributed by atoms with Crippen molar-refractivity contribution >= 4 is 9.84 Å². The highest BCUT2D eigenvalue weighted by Gasteiger charge is 2.23. The van der Waals surface area contributed by atoms with Crippen LogP contribution in [0, 0.1) is 5.92 Å². The number of rotatable bonds is 7. The molecule has 2 unspecified atom stereocenters. The Kier molecular flexibility index (Phi) is 6.60. The van der Waals surface area contributed by atoms with E-state index in [1.54, 1.807) is 0 Å². The number of hydrogen-bond donors (Lipinski definition) is 1. The van der Waals surface area contributed by atoms with E-state index < -0.39 is 9.84 Å². The molecule has 18 heavy (non-hydrogen) atoms. The van der Waals surface area contributed by atoms with Crippen molar-refractivity contribution in [1.29, 1.82) is 0 Å². The van der Waals surface area contributed by atoms with Gasteiger partial charge in [0.2, 0.25) is 0 Å². The van der Waals surface area contributed by atoms with Crippen molar-refractivity contribution < 1.29 is 13.5 Å². The lowest BCUT2D eigenvalue weighted by Gasteiger charge is -2.31. The van der Waals surface area contributed by atoms with Gasteiger partial charge in [-0.1, -0.05) is 12.8 Å². The van der Waals surface area contributed by atoms with E-state index >= 15 is 0 Å². The maximum atomic E-state index is 11.0. The Morgan fingerprint density at radius 2 is 1.89 bits per heavy atom. The van der Waals surface area contributed by atoms with Gasteiger partial charge in [0, 0.05) is 18.6 Å². The van der Waals surface area contributed by atoms with Crippen LogP contribution in [0.15, 0.2) is 0 Å². The molecule has 1 aliphatic rings. The summed E-state index contributed by atoms with van der Waals surface area (Å²) in [6, 6.07) is 0. The van der Waals surface area contributed by atoms with Gasteiger partial charge in [-0.05, 0) is 45.2 Å². The van der Waals surface area contributed by atoms with E-state index in [-0.39, 0.29) is 11.9 Å². The lowest BCUT2D eigenvalue weighted by atomic mass is 9.86. The molecule has 0 aromatic heterocycles. The van der Waals surface area contributed by atoms with Crippen LogP contribution in [0.1, 0.15) is 38.5 Å². The number of sulfone groups is 1. The second kappa shape index (κ2) is 7.46. The minimum Gasteiger partial charge on any atom is -0.393 e. The van der Waals surface area contributed by atoms with E-state index in [1.807, 2.05) is 0 Å². The van der Waals surface area contributed by atoms with Crippen LogP contribution in [0.3, 0.4) is 0 Å². The monoisotopic (exact) mass is 277 g/mol. The maximum absolute atomic E-state index is 11.0. The molecule has 0 amide bonds. The molecule has 4 nitrogen and oxygen atoms in total. The first-order valence-corrected chi connectivity index (χ1v) is 8.99. The van der Waals surface area contributed by atoms with Crippen molar-refractivity contribution in [2.75, 3.05) is 32.1 Å². The molecule has 0 heterocycles. The Hall–Kier alpha value is -0.130. The van der Waals surface area contributed by atoms with Gasteiger partial charge in [0.05, 0.1) is 6.10 Å². The van der Waals surface area contributed by atoms with E-state index in [0.29, 0.717) is 5.92 Å². The first-order chi connectivity index (χ1) is 8.38. The second-order valence-corrected chi connectivity index (χ2v) is 7.97. The standard InChI is InChI=1S/C13H27NO3S/c1-14(9-5-6-10-18(2,16)17)11-12-7-3-4-8-13(12)15/h12-13,15H,3-11H2,1-2H3. The lowest BCUT2D eigenvalue weighted by Crippen LogP contribution is -2.35. The average Bonchev–Trinajstić information content (AvgIpc) is 2.26. The molecule has 0 aliphatic heterocycles. The van der Waals surface area contributed by atoms with Crippen LogP contribution in [-0.2, 0) is 9.84 Å². The third kappa shape index (κ3) is 6.71. The van der Waals surface area contributed by atoms with Crippen LogP contribution in [0.5, 0.6) is 0 Å². The minimum absolute atomic E-state index is 0.141. The fourth-order valence-electron chi connectivity index (χ4n) is 2.64. The SMILES string of the molecule is CN(CCCCS(C)(=O)=O)CC1CCCCC1O. The summed E-state index contributed by atoms with van der Waals surface area (Å²) in [5.74, 6) is 0.686. The molecule has 0 aromatic carbocycles. The van der Waals surface area contributed by atoms with Gasteiger partial charge < -0.3 is 10.0 Å². The van der Waals surface area contributed by atoms with Crippen LogP contribution >= 0.6 is 0 Å². The first kappa shape index (κ1) is 15.9. The van der Waals surface area contributed by atoms with Gasteiger partial charge in [-0.2, -0.15) is 0 Å². The summed E-state index contributed by atoms with van der Waals surface area (Å²) in [7, 11) is -0.759. The van der Waals surface area contributed by atoms with Gasteiger partial charge in [0.25, 0.3) is 0 Å². The van der Waals surface area contributed by atoms with E-state index in [2.05, 4.69) is 11.9 Å². The molecule has 2 atom stereocenters. The molecular formula is C13H27NO3S. The van der Waals surface area contributed by atoms with Crippen LogP contribution in [0.4, 0.5) is 0 Å². The van der Waals surface area contributed by atoms with Crippen LogP contribution < -0.4 is 0 Å². The largest absolute Gasteiger partial charge is 0.393 e. The van der Waals surface area contributed by atoms with E-state index in [1.165, 1.54) is 12.7 Å². The molecule has 1 rings (SSSR count). The van der Waals surface area contributed by atoms with E-state index in [0.717, 1.165) is 45.2 Å². The highest BCUT2D eigenvalue weighted by molar-refractivity contribution is 7.90. The molecule has 0 aromatic rings. The molecule has 1 saturated carbocycles. The molecule has 0 saturated heterocycles. The summed E-state index contributed by atoms with van der Waals surface area (Å²) >= 11 is 0. The predicted molar refractivity (Wildman–Crippen MR) is 74.4 cm³/mol. The second-order valence-electron chi connectivity index (χ2n) is 5.71. The van der Waals surface area contributed by atoms with E-state index in [9.17, 15) is 13.5 Å². The molecule has 0 bridgehead atoms. The molecule has 1 fully saturated rings. The number of aliphatic hydroxyl groups excluding tert-OH is 1. The zero-order valence-corrected chi connectivity index (χ0v) is 12.5. The Labute approximate surface area is 111 Å². The van der Waals surface area contributed by atoms with Crippen molar-refractivity contribution in [3.05, 3.63) is 0 Å². The zero-order valence-electron chi connectivity index (χ0n) is 11.6. The van der Waals surface area contributed by atoms with Crippen LogP contribution in [0.2, 0.25) is 0 Å². The van der Waals surface area contributed by atoms with Crippen molar-refractivity contribution in [3.63, 3.8) is 0 Å². The summed E-state index contributed by atoms with van der Waals surface area (Å²) in [6.07, 6.45) is 7.22. The number of hydrogen-bond acceptors (Lipinski definition) is 4. The fourth-order valence-corrected chi connectivity index (χ4v) is 3.37. The Balaban J connectivity index is 2.15. The summed E-state index contributed by atoms with van der Waals surface area (Å²) in [5, 5.41) is 9.89. The maximum Gasteiger partial charge on any atom is 0.147 e. The predicted octanol–water partition coefficient (Wildman–Crippen LogP) is 1.29. The highest BCUT2D eigenvalue weighted by atomic mass is 32.2. The van der Waals surface area contributed by atoms with Crippen molar-refractivity contribution in [3.8, 4) is 0 Å². The third-order valence-electron chi connectivity index (χ3n) is 3.72. The molecule has 0 spiro atoms. The minimum atomic E-state index is -2.82. The zero-order chi connectivity index (χ0) is 13.6. The summed E-state index contributed by atoms with van der Waals surface area (Å²) in [6.45, 7) is 1.85. The van der Waals surface area contributed by atoms with Crippen molar-refractivity contribution in [1.82, 2.24) is 4.90 Å². The van der Waals surface area contributed by atoms with Gasteiger partial charge in [-0.3, -0.25) is 0 Å². The normalized spacial score (nSPS) is 25.6. The highest BCUT2D eigenvalue weighted by Crippen LogP contribution is 2.24. The molecule has 108 valence electrons. The Bertz CT molecular complexity index is 329. The Morgan fingerprint density at radius 3 is 2.50 bits per heavy atom. The third-order valence-corrected chi connectivity index (χ3v) is 4.75. The molecule has 5 heteroatoms. The topological polar surface area (TPSA) is 57.6 Å². The van der Waals surface area contributed by atoms with Gasteiger partial charge >= 0.3 is 0 Å². The number of nitrogens with zero attached hydrogens (tertiary/aromatic N) is 1. The molecular weight excluding hydrogens is 250 g/mol. The molecule has 1 N–H and O–H groups in total. The summed E-state index contributed by atoms with van der Waals surface area (Å²) in [4.78, 5) is 2.22. The van der Waals surface area contributed by atoms with Crippen LogP contribution in [0.25, 0.3) is 0 Å². The van der Waals surface area contributed by atoms with Gasteiger partial charge in [-0.15, -0.1) is 0 Å². The molecule has 1 aliphatic carbocycles. The first-order valence-electron chi connectivity index (χ1n) is 6.93. The number of aliphatic hydroxyl groups is 1. The summed E-state index contributed by atoms with van der Waals surface area (Å²) < 4.78 is 22.0. The lowest BCUT2D eigenvalue weighted by molar-refractivity contribution is 0.0513. The summed E-state index contributed by atoms with van der Waals surface area (Å²) in [5.41, 5.74) is 0.